The molecule has 1 N–H and O–H groups in total. The van der Waals surface area contributed by atoms with Gasteiger partial charge in [0.2, 0.25) is 0 Å². The van der Waals surface area contributed by atoms with Crippen molar-refractivity contribution >= 4 is 17.6 Å². The zero-order valence-corrected chi connectivity index (χ0v) is 13.8. The molecule has 0 bridgehead atoms. The Morgan fingerprint density at radius 1 is 1.08 bits per heavy atom. The Bertz CT molecular complexity index is 741. The Morgan fingerprint density at radius 3 is 2.67 bits per heavy atom. The molecule has 0 spiro atoms. The van der Waals surface area contributed by atoms with Gasteiger partial charge in [0.15, 0.2) is 0 Å². The van der Waals surface area contributed by atoms with Gasteiger partial charge in [0, 0.05) is 29.3 Å². The normalized spacial score (nSPS) is 14.9. The molecule has 0 aliphatic carbocycles. The molecule has 1 aliphatic heterocycles. The van der Waals surface area contributed by atoms with Gasteiger partial charge in [-0.2, -0.15) is 13.2 Å². The number of amidine groups is 1. The lowest BCUT2D eigenvalue weighted by molar-refractivity contribution is -0.137. The second-order valence-corrected chi connectivity index (χ2v) is 6.51. The van der Waals surface area contributed by atoms with E-state index in [1.54, 1.807) is 6.07 Å². The monoisotopic (exact) mass is 350 g/mol. The molecule has 3 rings (SSSR count). The number of hydrogen-bond donors (Lipinski definition) is 1. The van der Waals surface area contributed by atoms with Gasteiger partial charge >= 0.3 is 6.18 Å². The zero-order valence-electron chi connectivity index (χ0n) is 12.9. The SMILES string of the molecule is FC(F)(F)c1cccc(CSc2ccccc2C2=NCCCN2)c1. The maximum atomic E-state index is 12.8. The van der Waals surface area contributed by atoms with Gasteiger partial charge in [-0.15, -0.1) is 11.8 Å². The van der Waals surface area contributed by atoms with E-state index in [9.17, 15) is 13.2 Å². The average molecular weight is 350 g/mol. The molecule has 0 unspecified atom stereocenters. The van der Waals surface area contributed by atoms with Gasteiger partial charge in [-0.05, 0) is 24.1 Å². The molecule has 0 atom stereocenters. The smallest absolute Gasteiger partial charge is 0.370 e. The molecule has 0 amide bonds. The maximum absolute atomic E-state index is 12.8. The van der Waals surface area contributed by atoms with Crippen LogP contribution in [-0.2, 0) is 11.9 Å². The molecule has 6 heteroatoms. The van der Waals surface area contributed by atoms with E-state index in [4.69, 9.17) is 0 Å². The van der Waals surface area contributed by atoms with Crippen LogP contribution in [0.3, 0.4) is 0 Å². The molecular weight excluding hydrogens is 333 g/mol. The lowest BCUT2D eigenvalue weighted by atomic mass is 10.1. The third-order valence-corrected chi connectivity index (χ3v) is 4.83. The van der Waals surface area contributed by atoms with Gasteiger partial charge < -0.3 is 5.32 Å². The Balaban J connectivity index is 1.77. The highest BCUT2D eigenvalue weighted by Gasteiger charge is 2.30. The Kier molecular flexibility index (Phi) is 5.14. The minimum Gasteiger partial charge on any atom is -0.370 e. The van der Waals surface area contributed by atoms with Crippen molar-refractivity contribution in [1.82, 2.24) is 5.32 Å². The number of thioether (sulfide) groups is 1. The first-order valence-corrected chi connectivity index (χ1v) is 8.69. The summed E-state index contributed by atoms with van der Waals surface area (Å²) >= 11 is 1.52. The number of benzene rings is 2. The third kappa shape index (κ3) is 4.12. The van der Waals surface area contributed by atoms with Crippen LogP contribution in [0.15, 0.2) is 58.4 Å². The molecule has 0 fully saturated rings. The van der Waals surface area contributed by atoms with E-state index >= 15 is 0 Å². The van der Waals surface area contributed by atoms with Crippen molar-refractivity contribution in [3.63, 3.8) is 0 Å². The first-order chi connectivity index (χ1) is 11.5. The molecule has 1 aliphatic rings. The van der Waals surface area contributed by atoms with E-state index < -0.39 is 11.7 Å². The molecule has 2 aromatic carbocycles. The number of hydrogen-bond acceptors (Lipinski definition) is 3. The second kappa shape index (κ2) is 7.30. The summed E-state index contributed by atoms with van der Waals surface area (Å²) in [5, 5.41) is 3.29. The van der Waals surface area contributed by atoms with Crippen LogP contribution in [0, 0.1) is 0 Å². The molecule has 0 saturated heterocycles. The van der Waals surface area contributed by atoms with Crippen molar-refractivity contribution in [2.75, 3.05) is 13.1 Å². The Hall–Kier alpha value is -1.95. The van der Waals surface area contributed by atoms with Crippen LogP contribution in [0.5, 0.6) is 0 Å². The van der Waals surface area contributed by atoms with Crippen molar-refractivity contribution in [2.24, 2.45) is 4.99 Å². The van der Waals surface area contributed by atoms with Crippen LogP contribution in [-0.4, -0.2) is 18.9 Å². The van der Waals surface area contributed by atoms with E-state index in [2.05, 4.69) is 10.3 Å². The summed E-state index contributed by atoms with van der Waals surface area (Å²) in [6.07, 6.45) is -3.29. The molecule has 2 nitrogen and oxygen atoms in total. The predicted octanol–water partition coefficient (Wildman–Crippen LogP) is 4.74. The van der Waals surface area contributed by atoms with Crippen molar-refractivity contribution in [3.8, 4) is 0 Å². The molecule has 126 valence electrons. The van der Waals surface area contributed by atoms with Crippen molar-refractivity contribution in [1.29, 1.82) is 0 Å². The fraction of sp³-hybridized carbons (Fsp3) is 0.278. The third-order valence-electron chi connectivity index (χ3n) is 3.69. The summed E-state index contributed by atoms with van der Waals surface area (Å²) in [6.45, 7) is 1.69. The Morgan fingerprint density at radius 2 is 1.92 bits per heavy atom. The molecule has 0 saturated carbocycles. The summed E-state index contributed by atoms with van der Waals surface area (Å²) in [4.78, 5) is 5.52. The van der Waals surface area contributed by atoms with E-state index in [1.807, 2.05) is 24.3 Å². The van der Waals surface area contributed by atoms with Gasteiger partial charge in [-0.3, -0.25) is 4.99 Å². The van der Waals surface area contributed by atoms with Crippen LogP contribution in [0.1, 0.15) is 23.1 Å². The number of nitrogens with zero attached hydrogens (tertiary/aromatic N) is 1. The van der Waals surface area contributed by atoms with Crippen LogP contribution in [0.25, 0.3) is 0 Å². The first-order valence-electron chi connectivity index (χ1n) is 7.71. The predicted molar refractivity (Wildman–Crippen MR) is 91.5 cm³/mol. The topological polar surface area (TPSA) is 24.4 Å². The number of rotatable bonds is 4. The van der Waals surface area contributed by atoms with E-state index in [1.165, 1.54) is 23.9 Å². The number of alkyl halides is 3. The number of halogens is 3. The van der Waals surface area contributed by atoms with E-state index in [0.29, 0.717) is 11.3 Å². The van der Waals surface area contributed by atoms with Crippen molar-refractivity contribution in [2.45, 2.75) is 23.2 Å². The highest BCUT2D eigenvalue weighted by atomic mass is 32.2. The summed E-state index contributed by atoms with van der Waals surface area (Å²) in [5.41, 5.74) is 1.06. The summed E-state index contributed by atoms with van der Waals surface area (Å²) in [5.74, 6) is 1.35. The largest absolute Gasteiger partial charge is 0.416 e. The fourth-order valence-corrected chi connectivity index (χ4v) is 3.50. The minimum atomic E-state index is -4.31. The molecule has 2 aromatic rings. The van der Waals surface area contributed by atoms with Crippen LogP contribution in [0.2, 0.25) is 0 Å². The summed E-state index contributed by atoms with van der Waals surface area (Å²) in [7, 11) is 0. The molecule has 1 heterocycles. The van der Waals surface area contributed by atoms with Crippen LogP contribution >= 0.6 is 11.8 Å². The summed E-state index contributed by atoms with van der Waals surface area (Å²) in [6, 6.07) is 13.3. The maximum Gasteiger partial charge on any atom is 0.416 e. The second-order valence-electron chi connectivity index (χ2n) is 5.49. The number of nitrogens with one attached hydrogen (secondary N) is 1. The van der Waals surface area contributed by atoms with Gasteiger partial charge in [-0.1, -0.05) is 36.4 Å². The minimum absolute atomic E-state index is 0.480. The average Bonchev–Trinajstić information content (AvgIpc) is 2.60. The lowest BCUT2D eigenvalue weighted by Gasteiger charge is -2.17. The zero-order chi connectivity index (χ0) is 17.0. The summed E-state index contributed by atoms with van der Waals surface area (Å²) < 4.78 is 38.4. The standard InChI is InChI=1S/C18H17F3N2S/c19-18(20,21)14-6-3-5-13(11-14)12-24-16-8-2-1-7-15(16)17-22-9-4-10-23-17/h1-3,5-8,11H,4,9-10,12H2,(H,22,23). The highest BCUT2D eigenvalue weighted by molar-refractivity contribution is 7.98. The quantitative estimate of drug-likeness (QED) is 0.806. The van der Waals surface area contributed by atoms with Crippen LogP contribution in [0.4, 0.5) is 13.2 Å². The molecule has 0 aromatic heterocycles. The molecule has 0 radical (unpaired) electrons. The van der Waals surface area contributed by atoms with Gasteiger partial charge in [0.1, 0.15) is 5.84 Å². The fourth-order valence-electron chi connectivity index (χ4n) is 2.50. The van der Waals surface area contributed by atoms with Gasteiger partial charge in [-0.25, -0.2) is 0 Å². The first kappa shape index (κ1) is 16.9. The van der Waals surface area contributed by atoms with E-state index in [-0.39, 0.29) is 0 Å². The molecule has 24 heavy (non-hydrogen) atoms. The van der Waals surface area contributed by atoms with Crippen molar-refractivity contribution in [3.05, 3.63) is 65.2 Å². The highest BCUT2D eigenvalue weighted by Crippen LogP contribution is 2.32. The van der Waals surface area contributed by atoms with Gasteiger partial charge in [0.05, 0.1) is 5.56 Å². The number of aliphatic imine (C=N–C) groups is 1. The van der Waals surface area contributed by atoms with Crippen LogP contribution < -0.4 is 5.32 Å². The van der Waals surface area contributed by atoms with E-state index in [0.717, 1.165) is 41.9 Å². The molecular formula is C18H17F3N2S. The van der Waals surface area contributed by atoms with Gasteiger partial charge in [0.25, 0.3) is 0 Å². The van der Waals surface area contributed by atoms with Crippen molar-refractivity contribution < 1.29 is 13.2 Å². The Labute approximate surface area is 143 Å². The lowest BCUT2D eigenvalue weighted by Crippen LogP contribution is -2.30.